The van der Waals surface area contributed by atoms with Crippen molar-refractivity contribution in [2.45, 2.75) is 51.0 Å². The topological polar surface area (TPSA) is 128 Å². The van der Waals surface area contributed by atoms with Crippen LogP contribution in [0.25, 0.3) is 5.57 Å². The zero-order chi connectivity index (χ0) is 21.6. The average molecular weight is 428 g/mol. The third kappa shape index (κ3) is 3.82. The highest BCUT2D eigenvalue weighted by atomic mass is 32.2. The van der Waals surface area contributed by atoms with Crippen molar-refractivity contribution < 1.29 is 8.42 Å². The van der Waals surface area contributed by atoms with Crippen LogP contribution in [0.15, 0.2) is 35.4 Å². The van der Waals surface area contributed by atoms with Crippen LogP contribution >= 0.6 is 0 Å². The number of tetrazole rings is 1. The highest BCUT2D eigenvalue weighted by Crippen LogP contribution is 2.53. The van der Waals surface area contributed by atoms with E-state index in [4.69, 9.17) is 0 Å². The molecule has 0 radical (unpaired) electrons. The molecule has 158 valence electrons. The van der Waals surface area contributed by atoms with Crippen molar-refractivity contribution in [3.63, 3.8) is 0 Å². The smallest absolute Gasteiger partial charge is 0.243 e. The molecule has 1 aromatic heterocycles. The van der Waals surface area contributed by atoms with Gasteiger partial charge in [-0.25, -0.2) is 8.42 Å². The number of nitrogens with one attached hydrogen (secondary N) is 2. The molecule has 2 aliphatic rings. The number of benzene rings is 1. The van der Waals surface area contributed by atoms with Crippen molar-refractivity contribution in [1.82, 2.24) is 24.9 Å². The van der Waals surface area contributed by atoms with Gasteiger partial charge in [0.05, 0.1) is 4.90 Å². The molecule has 2 unspecified atom stereocenters. The van der Waals surface area contributed by atoms with E-state index < -0.39 is 10.0 Å². The summed E-state index contributed by atoms with van der Waals surface area (Å²) in [5.41, 5.74) is 1.05. The summed E-state index contributed by atoms with van der Waals surface area (Å²) >= 11 is 0. The van der Waals surface area contributed by atoms with Crippen molar-refractivity contribution in [1.29, 1.82) is 5.26 Å². The number of H-pyrrole nitrogens is 1. The first-order valence-corrected chi connectivity index (χ1v) is 11.3. The number of aromatic nitrogens is 4. The quantitative estimate of drug-likeness (QED) is 0.702. The Hall–Kier alpha value is -2.77. The Kier molecular flexibility index (Phi) is 4.91. The predicted molar refractivity (Wildman–Crippen MR) is 111 cm³/mol. The van der Waals surface area contributed by atoms with E-state index >= 15 is 0 Å². The third-order valence-electron chi connectivity index (χ3n) is 5.92. The van der Waals surface area contributed by atoms with Gasteiger partial charge in [-0.15, -0.1) is 10.2 Å². The summed E-state index contributed by atoms with van der Waals surface area (Å²) < 4.78 is 28.4. The molecule has 2 bridgehead atoms. The Morgan fingerprint density at radius 1 is 1.30 bits per heavy atom. The number of allylic oxidation sites excluding steroid dienone is 1. The highest BCUT2D eigenvalue weighted by molar-refractivity contribution is 7.89. The fraction of sp³-hybridized carbons (Fsp3) is 0.500. The molecular weight excluding hydrogens is 402 g/mol. The molecule has 10 heteroatoms. The van der Waals surface area contributed by atoms with E-state index in [1.165, 1.54) is 6.20 Å². The lowest BCUT2D eigenvalue weighted by molar-refractivity contribution is 0.133. The lowest BCUT2D eigenvalue weighted by Gasteiger charge is -2.39. The molecule has 0 amide bonds. The summed E-state index contributed by atoms with van der Waals surface area (Å²) in [6.45, 7) is 7.23. The van der Waals surface area contributed by atoms with E-state index in [9.17, 15) is 13.7 Å². The van der Waals surface area contributed by atoms with E-state index in [0.29, 0.717) is 12.2 Å². The molecule has 1 saturated heterocycles. The molecule has 1 aromatic carbocycles. The van der Waals surface area contributed by atoms with Gasteiger partial charge in [0.1, 0.15) is 11.6 Å². The van der Waals surface area contributed by atoms with Gasteiger partial charge < -0.3 is 5.32 Å². The van der Waals surface area contributed by atoms with E-state index in [2.05, 4.69) is 46.7 Å². The Balaban J connectivity index is 1.52. The molecule has 2 aromatic rings. The first-order chi connectivity index (χ1) is 14.1. The Labute approximate surface area is 176 Å². The zero-order valence-corrected chi connectivity index (χ0v) is 18.1. The van der Waals surface area contributed by atoms with Crippen LogP contribution in [0, 0.1) is 22.2 Å². The number of anilines is 1. The summed E-state index contributed by atoms with van der Waals surface area (Å²) in [5, 5.41) is 25.5. The SMILES string of the molecule is CC1(C)CC2CC(C)(CN2S(=O)(=O)c2ccc(NC=C(C#N)c3nn[nH]n3)cc2)C1. The fourth-order valence-corrected chi connectivity index (χ4v) is 6.90. The largest absolute Gasteiger partial charge is 0.360 e. The Morgan fingerprint density at radius 3 is 2.67 bits per heavy atom. The number of hydrogen-bond acceptors (Lipinski definition) is 7. The summed E-state index contributed by atoms with van der Waals surface area (Å²) in [4.78, 5) is 0.282. The summed E-state index contributed by atoms with van der Waals surface area (Å²) in [6.07, 6.45) is 4.31. The van der Waals surface area contributed by atoms with E-state index in [1.807, 2.05) is 6.07 Å². The van der Waals surface area contributed by atoms with Gasteiger partial charge >= 0.3 is 0 Å². The fourth-order valence-electron chi connectivity index (χ4n) is 5.13. The van der Waals surface area contributed by atoms with Gasteiger partial charge in [-0.05, 0) is 59.6 Å². The highest BCUT2D eigenvalue weighted by Gasteiger charge is 2.53. The summed E-state index contributed by atoms with van der Waals surface area (Å²) in [7, 11) is -3.56. The van der Waals surface area contributed by atoms with Crippen molar-refractivity contribution in [2.24, 2.45) is 10.8 Å². The maximum Gasteiger partial charge on any atom is 0.243 e. The van der Waals surface area contributed by atoms with Crippen LogP contribution in [0.4, 0.5) is 5.69 Å². The minimum atomic E-state index is -3.56. The van der Waals surface area contributed by atoms with Gasteiger partial charge in [0.15, 0.2) is 0 Å². The maximum atomic E-state index is 13.3. The van der Waals surface area contributed by atoms with Crippen LogP contribution in [-0.2, 0) is 10.0 Å². The van der Waals surface area contributed by atoms with Crippen molar-refractivity contribution in [3.05, 3.63) is 36.3 Å². The number of aromatic amines is 1. The summed E-state index contributed by atoms with van der Waals surface area (Å²) in [6, 6.07) is 8.61. The molecule has 2 fully saturated rings. The monoisotopic (exact) mass is 427 g/mol. The molecule has 2 heterocycles. The number of rotatable bonds is 5. The molecule has 1 saturated carbocycles. The average Bonchev–Trinajstić information content (AvgIpc) is 3.28. The lowest BCUT2D eigenvalue weighted by atomic mass is 9.65. The number of fused-ring (bicyclic) bond motifs is 2. The van der Waals surface area contributed by atoms with Crippen molar-refractivity contribution >= 4 is 21.3 Å². The molecule has 2 N–H and O–H groups in total. The molecule has 0 spiro atoms. The van der Waals surface area contributed by atoms with E-state index in [-0.39, 0.29) is 33.2 Å². The van der Waals surface area contributed by atoms with E-state index in [0.717, 1.165) is 19.3 Å². The predicted octanol–water partition coefficient (Wildman–Crippen LogP) is 2.77. The van der Waals surface area contributed by atoms with Gasteiger partial charge in [0.25, 0.3) is 0 Å². The van der Waals surface area contributed by atoms with Gasteiger partial charge in [-0.3, -0.25) is 0 Å². The Bertz CT molecular complexity index is 1100. The van der Waals surface area contributed by atoms with Crippen molar-refractivity contribution in [2.75, 3.05) is 11.9 Å². The molecule has 9 nitrogen and oxygen atoms in total. The van der Waals surface area contributed by atoms with Crippen LogP contribution in [0.3, 0.4) is 0 Å². The number of nitriles is 1. The van der Waals surface area contributed by atoms with E-state index in [1.54, 1.807) is 28.6 Å². The third-order valence-corrected chi connectivity index (χ3v) is 7.83. The van der Waals surface area contributed by atoms with Gasteiger partial charge in [-0.1, -0.05) is 20.8 Å². The minimum Gasteiger partial charge on any atom is -0.360 e. The maximum absolute atomic E-state index is 13.3. The normalized spacial score (nSPS) is 26.3. The van der Waals surface area contributed by atoms with Crippen LogP contribution in [-0.4, -0.2) is 45.9 Å². The van der Waals surface area contributed by atoms with Gasteiger partial charge in [0.2, 0.25) is 15.8 Å². The van der Waals surface area contributed by atoms with Crippen LogP contribution in [0.1, 0.15) is 45.9 Å². The first-order valence-electron chi connectivity index (χ1n) is 9.85. The van der Waals surface area contributed by atoms with Crippen LogP contribution in [0.5, 0.6) is 0 Å². The molecule has 4 rings (SSSR count). The van der Waals surface area contributed by atoms with Crippen LogP contribution < -0.4 is 5.32 Å². The lowest BCUT2D eigenvalue weighted by Crippen LogP contribution is -2.37. The van der Waals surface area contributed by atoms with Crippen LogP contribution in [0.2, 0.25) is 0 Å². The zero-order valence-electron chi connectivity index (χ0n) is 17.3. The first kappa shape index (κ1) is 20.5. The number of hydrogen-bond donors (Lipinski definition) is 2. The second kappa shape index (κ2) is 7.18. The second-order valence-electron chi connectivity index (χ2n) is 9.34. The number of sulfonamides is 1. The molecule has 2 atom stereocenters. The summed E-state index contributed by atoms with van der Waals surface area (Å²) in [5.74, 6) is 0.181. The molecular formula is C20H25N7O2S. The standard InChI is InChI=1S/C20H25N7O2S/c1-19(2)8-16-9-20(3,12-19)13-27(16)30(28,29)17-6-4-15(5-7-17)22-11-14(10-21)18-23-25-26-24-18/h4-7,11,16,22H,8-9,12-13H2,1-3H3,(H,23,24,25,26). The van der Waals surface area contributed by atoms with Crippen molar-refractivity contribution in [3.8, 4) is 6.07 Å². The molecule has 30 heavy (non-hydrogen) atoms. The minimum absolute atomic E-state index is 0.0363. The number of nitrogens with zero attached hydrogens (tertiary/aromatic N) is 5. The second-order valence-corrected chi connectivity index (χ2v) is 11.2. The molecule has 1 aliphatic carbocycles. The van der Waals surface area contributed by atoms with Gasteiger partial charge in [-0.2, -0.15) is 14.8 Å². The van der Waals surface area contributed by atoms with Gasteiger partial charge in [0, 0.05) is 24.5 Å². The Morgan fingerprint density at radius 2 is 2.03 bits per heavy atom. The molecule has 1 aliphatic heterocycles.